The van der Waals surface area contributed by atoms with Gasteiger partial charge in [0, 0.05) is 25.7 Å². The number of morpholine rings is 1. The fourth-order valence-electron chi connectivity index (χ4n) is 3.58. The smallest absolute Gasteiger partial charge is 0.0594 e. The van der Waals surface area contributed by atoms with Gasteiger partial charge in [-0.05, 0) is 37.4 Å². The predicted molar refractivity (Wildman–Crippen MR) is 86.7 cm³/mol. The molecule has 0 unspecified atom stereocenters. The van der Waals surface area contributed by atoms with Crippen molar-refractivity contribution in [2.75, 3.05) is 45.9 Å². The van der Waals surface area contributed by atoms with Gasteiger partial charge in [-0.15, -0.1) is 0 Å². The van der Waals surface area contributed by atoms with Crippen molar-refractivity contribution in [3.63, 3.8) is 0 Å². The van der Waals surface area contributed by atoms with Crippen LogP contribution in [0.15, 0.2) is 30.3 Å². The van der Waals surface area contributed by atoms with E-state index in [4.69, 9.17) is 4.74 Å². The van der Waals surface area contributed by atoms with E-state index in [1.165, 1.54) is 38.0 Å². The van der Waals surface area contributed by atoms with Crippen LogP contribution in [-0.2, 0) is 4.74 Å². The van der Waals surface area contributed by atoms with Crippen LogP contribution < -0.4 is 0 Å². The van der Waals surface area contributed by atoms with Crippen molar-refractivity contribution in [3.05, 3.63) is 35.9 Å². The minimum absolute atomic E-state index is 0.661. The summed E-state index contributed by atoms with van der Waals surface area (Å²) in [6, 6.07) is 11.7. The predicted octanol–water partition coefficient (Wildman–Crippen LogP) is 2.59. The van der Waals surface area contributed by atoms with Gasteiger partial charge in [0.2, 0.25) is 0 Å². The molecule has 3 rings (SSSR count). The first kappa shape index (κ1) is 15.0. The molecule has 0 spiro atoms. The summed E-state index contributed by atoms with van der Waals surface area (Å²) in [6.45, 7) is 10.2. The molecule has 0 saturated carbocycles. The number of rotatable bonds is 5. The van der Waals surface area contributed by atoms with Crippen LogP contribution in [-0.4, -0.2) is 61.8 Å². The van der Waals surface area contributed by atoms with E-state index in [0.29, 0.717) is 5.92 Å². The molecule has 116 valence electrons. The quantitative estimate of drug-likeness (QED) is 0.828. The average molecular weight is 288 g/mol. The molecular formula is C18H28N2O. The molecule has 2 aliphatic rings. The summed E-state index contributed by atoms with van der Waals surface area (Å²) in [7, 11) is 0. The van der Waals surface area contributed by atoms with Crippen LogP contribution >= 0.6 is 0 Å². The highest BCUT2D eigenvalue weighted by Gasteiger charge is 2.28. The van der Waals surface area contributed by atoms with Gasteiger partial charge in [-0.1, -0.05) is 37.3 Å². The van der Waals surface area contributed by atoms with Crippen LogP contribution in [0.4, 0.5) is 0 Å². The summed E-state index contributed by atoms with van der Waals surface area (Å²) in [6.07, 6.45) is 2.60. The molecule has 2 fully saturated rings. The Labute approximate surface area is 128 Å². The van der Waals surface area contributed by atoms with Gasteiger partial charge in [0.15, 0.2) is 0 Å². The number of hydrogen-bond acceptors (Lipinski definition) is 3. The van der Waals surface area contributed by atoms with E-state index >= 15 is 0 Å². The maximum absolute atomic E-state index is 5.46. The number of likely N-dealkylation sites (tertiary alicyclic amines) is 1. The summed E-state index contributed by atoms with van der Waals surface area (Å²) in [5, 5.41) is 0. The normalized spacial score (nSPS) is 26.0. The first-order chi connectivity index (χ1) is 10.3. The van der Waals surface area contributed by atoms with Crippen molar-refractivity contribution >= 4 is 0 Å². The lowest BCUT2D eigenvalue weighted by Crippen LogP contribution is -2.44. The minimum atomic E-state index is 0.661. The van der Waals surface area contributed by atoms with Crippen LogP contribution in [0.1, 0.15) is 31.2 Å². The van der Waals surface area contributed by atoms with Crippen molar-refractivity contribution in [2.24, 2.45) is 0 Å². The maximum atomic E-state index is 5.46. The van der Waals surface area contributed by atoms with E-state index in [-0.39, 0.29) is 0 Å². The highest BCUT2D eigenvalue weighted by atomic mass is 16.5. The van der Waals surface area contributed by atoms with Crippen molar-refractivity contribution < 1.29 is 4.74 Å². The monoisotopic (exact) mass is 288 g/mol. The second-order valence-corrected chi connectivity index (χ2v) is 6.49. The van der Waals surface area contributed by atoms with Crippen LogP contribution in [0.5, 0.6) is 0 Å². The minimum Gasteiger partial charge on any atom is -0.379 e. The van der Waals surface area contributed by atoms with Crippen LogP contribution in [0.3, 0.4) is 0 Å². The molecule has 0 aliphatic carbocycles. The average Bonchev–Trinajstić information content (AvgIpc) is 3.03. The topological polar surface area (TPSA) is 15.7 Å². The molecule has 3 heteroatoms. The molecule has 21 heavy (non-hydrogen) atoms. The Balaban J connectivity index is 1.42. The fraction of sp³-hybridized carbons (Fsp3) is 0.667. The van der Waals surface area contributed by atoms with Gasteiger partial charge in [0.25, 0.3) is 0 Å². The third-order valence-electron chi connectivity index (χ3n) is 5.06. The summed E-state index contributed by atoms with van der Waals surface area (Å²) in [5.74, 6) is 0.661. The first-order valence-electron chi connectivity index (χ1n) is 8.42. The lowest BCUT2D eigenvalue weighted by atomic mass is 9.98. The van der Waals surface area contributed by atoms with E-state index in [2.05, 4.69) is 47.1 Å². The lowest BCUT2D eigenvalue weighted by molar-refractivity contribution is 0.0185. The van der Waals surface area contributed by atoms with E-state index in [1.807, 2.05) is 0 Å². The Morgan fingerprint density at radius 2 is 1.90 bits per heavy atom. The standard InChI is InChI=1S/C18H28N2O/c1-16(17-5-3-2-4-6-17)7-9-19-10-8-18(15-19)20-11-13-21-14-12-20/h2-6,16,18H,7-15H2,1H3/t16-,18+/m1/s1. The van der Waals surface area contributed by atoms with Crippen molar-refractivity contribution in [2.45, 2.75) is 31.7 Å². The first-order valence-corrected chi connectivity index (χ1v) is 8.42. The third-order valence-corrected chi connectivity index (χ3v) is 5.06. The summed E-state index contributed by atoms with van der Waals surface area (Å²) in [5.41, 5.74) is 1.47. The van der Waals surface area contributed by atoms with E-state index in [9.17, 15) is 0 Å². The highest BCUT2D eigenvalue weighted by Crippen LogP contribution is 2.22. The zero-order chi connectivity index (χ0) is 14.5. The molecular weight excluding hydrogens is 260 g/mol. The second kappa shape index (κ2) is 7.39. The van der Waals surface area contributed by atoms with E-state index < -0.39 is 0 Å². The van der Waals surface area contributed by atoms with Gasteiger partial charge in [-0.25, -0.2) is 0 Å². The number of nitrogens with zero attached hydrogens (tertiary/aromatic N) is 2. The summed E-state index contributed by atoms with van der Waals surface area (Å²) < 4.78 is 5.46. The van der Waals surface area contributed by atoms with Gasteiger partial charge < -0.3 is 9.64 Å². The summed E-state index contributed by atoms with van der Waals surface area (Å²) in [4.78, 5) is 5.28. The second-order valence-electron chi connectivity index (χ2n) is 6.49. The Morgan fingerprint density at radius 1 is 1.14 bits per heavy atom. The number of benzene rings is 1. The molecule has 2 aliphatic heterocycles. The Kier molecular flexibility index (Phi) is 5.28. The summed E-state index contributed by atoms with van der Waals surface area (Å²) >= 11 is 0. The van der Waals surface area contributed by atoms with Gasteiger partial charge in [-0.3, -0.25) is 4.90 Å². The number of ether oxygens (including phenoxy) is 1. The Bertz CT molecular complexity index is 416. The third kappa shape index (κ3) is 4.06. The van der Waals surface area contributed by atoms with Crippen LogP contribution in [0.25, 0.3) is 0 Å². The molecule has 1 aromatic rings. The Hall–Kier alpha value is -0.900. The van der Waals surface area contributed by atoms with Crippen LogP contribution in [0.2, 0.25) is 0 Å². The molecule has 0 bridgehead atoms. The Morgan fingerprint density at radius 3 is 2.67 bits per heavy atom. The van der Waals surface area contributed by atoms with E-state index in [1.54, 1.807) is 0 Å². The van der Waals surface area contributed by atoms with Gasteiger partial charge in [0.05, 0.1) is 13.2 Å². The molecule has 2 heterocycles. The molecule has 2 atom stereocenters. The largest absolute Gasteiger partial charge is 0.379 e. The molecule has 0 N–H and O–H groups in total. The maximum Gasteiger partial charge on any atom is 0.0594 e. The molecule has 2 saturated heterocycles. The lowest BCUT2D eigenvalue weighted by Gasteiger charge is -2.32. The molecule has 0 radical (unpaired) electrons. The molecule has 1 aromatic carbocycles. The zero-order valence-electron chi connectivity index (χ0n) is 13.2. The van der Waals surface area contributed by atoms with Crippen molar-refractivity contribution in [1.29, 1.82) is 0 Å². The SMILES string of the molecule is C[C@H](CCN1CC[C@H](N2CCOCC2)C1)c1ccccc1. The highest BCUT2D eigenvalue weighted by molar-refractivity contribution is 5.18. The molecule has 0 amide bonds. The van der Waals surface area contributed by atoms with Crippen molar-refractivity contribution in [3.8, 4) is 0 Å². The fourth-order valence-corrected chi connectivity index (χ4v) is 3.58. The molecule has 0 aromatic heterocycles. The van der Waals surface area contributed by atoms with Crippen LogP contribution in [0, 0.1) is 0 Å². The van der Waals surface area contributed by atoms with Gasteiger partial charge in [-0.2, -0.15) is 0 Å². The van der Waals surface area contributed by atoms with Gasteiger partial charge >= 0.3 is 0 Å². The van der Waals surface area contributed by atoms with E-state index in [0.717, 1.165) is 32.3 Å². The zero-order valence-corrected chi connectivity index (χ0v) is 13.2. The molecule has 3 nitrogen and oxygen atoms in total. The number of hydrogen-bond donors (Lipinski definition) is 0. The van der Waals surface area contributed by atoms with Gasteiger partial charge in [0.1, 0.15) is 0 Å². The van der Waals surface area contributed by atoms with Crippen molar-refractivity contribution in [1.82, 2.24) is 9.80 Å².